The first-order chi connectivity index (χ1) is 9.32. The summed E-state index contributed by atoms with van der Waals surface area (Å²) in [6, 6.07) is 0.839. The van der Waals surface area contributed by atoms with Crippen molar-refractivity contribution in [1.82, 2.24) is 9.88 Å². The third-order valence-corrected chi connectivity index (χ3v) is 2.21. The van der Waals surface area contributed by atoms with Gasteiger partial charge in [-0.05, 0) is 0 Å². The van der Waals surface area contributed by atoms with Crippen LogP contribution in [0.1, 0.15) is 10.4 Å². The zero-order chi connectivity index (χ0) is 15.3. The van der Waals surface area contributed by atoms with E-state index in [1.165, 1.54) is 7.05 Å². The molecule has 0 unspecified atom stereocenters. The molecule has 0 radical (unpaired) electrons. The monoisotopic (exact) mass is 286 g/mol. The number of aromatic nitrogens is 1. The van der Waals surface area contributed by atoms with Gasteiger partial charge in [0.25, 0.3) is 22.2 Å². The van der Waals surface area contributed by atoms with Gasteiger partial charge in [-0.1, -0.05) is 0 Å². The summed E-state index contributed by atoms with van der Waals surface area (Å²) in [6.07, 6.45) is 0.981. The SMILES string of the molecule is Cn1cc([N+](=O)[O-])cc(C(=O)NCCO[N+](=O)[O-])c1=O. The summed E-state index contributed by atoms with van der Waals surface area (Å²) in [7, 11) is 1.27. The number of hydrogen-bond acceptors (Lipinski definition) is 7. The van der Waals surface area contributed by atoms with Crippen LogP contribution in [-0.2, 0) is 11.9 Å². The number of aryl methyl sites for hydroxylation is 1. The molecular formula is C9H10N4O7. The zero-order valence-corrected chi connectivity index (χ0v) is 10.3. The molecule has 0 fully saturated rings. The third-order valence-electron chi connectivity index (χ3n) is 2.21. The molecule has 0 aliphatic heterocycles. The van der Waals surface area contributed by atoms with Gasteiger partial charge in [-0.15, -0.1) is 10.1 Å². The summed E-state index contributed by atoms with van der Waals surface area (Å²) < 4.78 is 0.903. The predicted octanol–water partition coefficient (Wildman–Crippen LogP) is -0.768. The molecule has 1 amide bonds. The summed E-state index contributed by atoms with van der Waals surface area (Å²) in [5, 5.41) is 21.7. The topological polar surface area (TPSA) is 147 Å². The van der Waals surface area contributed by atoms with E-state index in [0.717, 1.165) is 16.8 Å². The minimum atomic E-state index is -1.03. The van der Waals surface area contributed by atoms with Crippen LogP contribution in [-0.4, -0.2) is 33.6 Å². The molecule has 0 aliphatic rings. The number of pyridine rings is 1. The molecule has 20 heavy (non-hydrogen) atoms. The average Bonchev–Trinajstić information content (AvgIpc) is 2.36. The van der Waals surface area contributed by atoms with Crippen LogP contribution in [0.5, 0.6) is 0 Å². The molecule has 1 N–H and O–H groups in total. The average molecular weight is 286 g/mol. The molecule has 11 heteroatoms. The molecule has 0 aliphatic carbocycles. The van der Waals surface area contributed by atoms with E-state index in [1.807, 2.05) is 0 Å². The second-order valence-electron chi connectivity index (χ2n) is 3.60. The minimum absolute atomic E-state index is 0.217. The molecule has 1 aromatic heterocycles. The fourth-order valence-corrected chi connectivity index (χ4v) is 1.34. The second kappa shape index (κ2) is 6.26. The van der Waals surface area contributed by atoms with Crippen molar-refractivity contribution >= 4 is 11.6 Å². The fourth-order valence-electron chi connectivity index (χ4n) is 1.34. The highest BCUT2D eigenvalue weighted by Crippen LogP contribution is 2.09. The molecule has 0 spiro atoms. The van der Waals surface area contributed by atoms with Gasteiger partial charge >= 0.3 is 0 Å². The van der Waals surface area contributed by atoms with Crippen molar-refractivity contribution in [2.24, 2.45) is 7.05 Å². The quantitative estimate of drug-likeness (QED) is 0.410. The number of nitrogens with zero attached hydrogens (tertiary/aromatic N) is 3. The molecule has 1 heterocycles. The smallest absolute Gasteiger partial charge is 0.294 e. The zero-order valence-electron chi connectivity index (χ0n) is 10.3. The molecule has 0 bridgehead atoms. The first kappa shape index (κ1) is 15.1. The van der Waals surface area contributed by atoms with Gasteiger partial charge in [-0.3, -0.25) is 19.7 Å². The summed E-state index contributed by atoms with van der Waals surface area (Å²) in [5.74, 6) is -0.874. The van der Waals surface area contributed by atoms with Gasteiger partial charge in [0.2, 0.25) is 0 Å². The van der Waals surface area contributed by atoms with Gasteiger partial charge in [0.15, 0.2) is 0 Å². The summed E-state index contributed by atoms with van der Waals surface area (Å²) in [4.78, 5) is 47.1. The number of carbonyl (C=O) groups excluding carboxylic acids is 1. The van der Waals surface area contributed by atoms with Crippen molar-refractivity contribution in [2.75, 3.05) is 13.2 Å². The summed E-state index contributed by atoms with van der Waals surface area (Å²) >= 11 is 0. The molecule has 0 aromatic carbocycles. The van der Waals surface area contributed by atoms with Crippen LogP contribution in [0.2, 0.25) is 0 Å². The van der Waals surface area contributed by atoms with E-state index in [2.05, 4.69) is 10.2 Å². The number of nitro groups is 1. The lowest BCUT2D eigenvalue weighted by molar-refractivity contribution is -0.757. The van der Waals surface area contributed by atoms with Crippen LogP contribution in [0.25, 0.3) is 0 Å². The van der Waals surface area contributed by atoms with Crippen LogP contribution in [0.4, 0.5) is 5.69 Å². The Kier molecular flexibility index (Phi) is 4.72. The van der Waals surface area contributed by atoms with Crippen LogP contribution < -0.4 is 10.9 Å². The van der Waals surface area contributed by atoms with E-state index in [-0.39, 0.29) is 6.54 Å². The van der Waals surface area contributed by atoms with E-state index in [0.29, 0.717) is 0 Å². The van der Waals surface area contributed by atoms with Crippen molar-refractivity contribution in [3.63, 3.8) is 0 Å². The van der Waals surface area contributed by atoms with Crippen LogP contribution in [0.15, 0.2) is 17.1 Å². The molecule has 108 valence electrons. The highest BCUT2D eigenvalue weighted by molar-refractivity contribution is 5.94. The Morgan fingerprint density at radius 3 is 2.65 bits per heavy atom. The number of nitrogens with one attached hydrogen (secondary N) is 1. The Hall–Kier alpha value is -2.98. The Labute approximate surface area is 111 Å². The van der Waals surface area contributed by atoms with Crippen molar-refractivity contribution in [3.05, 3.63) is 48.4 Å². The Morgan fingerprint density at radius 1 is 1.45 bits per heavy atom. The number of amides is 1. The second-order valence-corrected chi connectivity index (χ2v) is 3.60. The first-order valence-corrected chi connectivity index (χ1v) is 5.23. The van der Waals surface area contributed by atoms with E-state index in [4.69, 9.17) is 0 Å². The Morgan fingerprint density at radius 2 is 2.10 bits per heavy atom. The molecule has 0 saturated carbocycles. The molecule has 0 atom stereocenters. The molecule has 1 aromatic rings. The van der Waals surface area contributed by atoms with Crippen LogP contribution in [0.3, 0.4) is 0 Å². The summed E-state index contributed by atoms with van der Waals surface area (Å²) in [6.45, 7) is -0.611. The lowest BCUT2D eigenvalue weighted by Gasteiger charge is -2.05. The Balaban J connectivity index is 2.84. The lowest BCUT2D eigenvalue weighted by atomic mass is 10.2. The van der Waals surface area contributed by atoms with Crippen molar-refractivity contribution < 1.29 is 19.6 Å². The van der Waals surface area contributed by atoms with E-state index >= 15 is 0 Å². The largest absolute Gasteiger partial charge is 0.350 e. The fraction of sp³-hybridized carbons (Fsp3) is 0.333. The highest BCUT2D eigenvalue weighted by Gasteiger charge is 2.17. The van der Waals surface area contributed by atoms with E-state index in [1.54, 1.807) is 0 Å². The van der Waals surface area contributed by atoms with Gasteiger partial charge in [-0.2, -0.15) is 0 Å². The van der Waals surface area contributed by atoms with Crippen LogP contribution in [0, 0.1) is 20.2 Å². The third kappa shape index (κ3) is 3.76. The predicted molar refractivity (Wildman–Crippen MR) is 63.6 cm³/mol. The highest BCUT2D eigenvalue weighted by atomic mass is 16.9. The Bertz CT molecular complexity index is 609. The lowest BCUT2D eigenvalue weighted by Crippen LogP contribution is -2.34. The maximum atomic E-state index is 11.7. The van der Waals surface area contributed by atoms with Crippen LogP contribution >= 0.6 is 0 Å². The van der Waals surface area contributed by atoms with Gasteiger partial charge in [-0.25, -0.2) is 0 Å². The minimum Gasteiger partial charge on any atom is -0.350 e. The molecular weight excluding hydrogens is 276 g/mol. The van der Waals surface area contributed by atoms with Gasteiger partial charge in [0.05, 0.1) is 11.1 Å². The maximum Gasteiger partial charge on any atom is 0.294 e. The standard InChI is InChI=1S/C9H10N4O7/c1-11-5-6(12(16)17)4-7(9(11)15)8(14)10-2-3-20-13(18)19/h4-5H,2-3H2,1H3,(H,10,14). The van der Waals surface area contributed by atoms with E-state index in [9.17, 15) is 29.8 Å². The maximum absolute atomic E-state index is 11.7. The van der Waals surface area contributed by atoms with Crippen molar-refractivity contribution in [3.8, 4) is 0 Å². The van der Waals surface area contributed by atoms with Gasteiger partial charge < -0.3 is 14.7 Å². The first-order valence-electron chi connectivity index (χ1n) is 5.23. The number of hydrogen-bond donors (Lipinski definition) is 1. The van der Waals surface area contributed by atoms with Crippen molar-refractivity contribution in [1.29, 1.82) is 0 Å². The van der Waals surface area contributed by atoms with E-state index < -0.39 is 39.3 Å². The molecule has 0 saturated heterocycles. The van der Waals surface area contributed by atoms with Crippen molar-refractivity contribution in [2.45, 2.75) is 0 Å². The molecule has 1 rings (SSSR count). The van der Waals surface area contributed by atoms with Gasteiger partial charge in [0.1, 0.15) is 12.2 Å². The normalized spacial score (nSPS) is 9.85. The molecule has 11 nitrogen and oxygen atoms in total. The number of carbonyl (C=O) groups is 1. The van der Waals surface area contributed by atoms with Gasteiger partial charge in [0, 0.05) is 19.7 Å². The summed E-state index contributed by atoms with van der Waals surface area (Å²) in [5.41, 5.74) is -1.56. The number of rotatable bonds is 6.